The van der Waals surface area contributed by atoms with Gasteiger partial charge >= 0.3 is 0 Å². The van der Waals surface area contributed by atoms with Gasteiger partial charge < -0.3 is 10.1 Å². The second-order valence-corrected chi connectivity index (χ2v) is 5.39. The van der Waals surface area contributed by atoms with Crippen LogP contribution in [0.25, 0.3) is 11.4 Å². The first-order valence-corrected chi connectivity index (χ1v) is 6.87. The van der Waals surface area contributed by atoms with E-state index in [2.05, 4.69) is 9.97 Å². The number of rotatable bonds is 1. The lowest BCUT2D eigenvalue weighted by Crippen LogP contribution is -2.15. The van der Waals surface area contributed by atoms with Crippen LogP contribution in [0.4, 0.5) is 0 Å². The number of phenolic OH excluding ortho intramolecular Hbond substituents is 1. The number of hydrogen-bond donors (Lipinski definition) is 2. The minimum Gasteiger partial charge on any atom is -0.506 e. The molecule has 0 atom stereocenters. The van der Waals surface area contributed by atoms with Gasteiger partial charge in [-0.2, -0.15) is 11.8 Å². The fourth-order valence-electron chi connectivity index (χ4n) is 1.85. The summed E-state index contributed by atoms with van der Waals surface area (Å²) in [6, 6.07) is 4.75. The van der Waals surface area contributed by atoms with Gasteiger partial charge in [0.05, 0.1) is 10.7 Å². The van der Waals surface area contributed by atoms with Crippen molar-refractivity contribution in [1.82, 2.24) is 9.97 Å². The van der Waals surface area contributed by atoms with Gasteiger partial charge in [0.2, 0.25) is 0 Å². The maximum atomic E-state index is 11.9. The molecule has 1 aromatic heterocycles. The smallest absolute Gasteiger partial charge is 0.255 e. The maximum Gasteiger partial charge on any atom is 0.255 e. The molecule has 1 aliphatic heterocycles. The zero-order chi connectivity index (χ0) is 12.7. The molecular weight excluding hydrogens is 272 g/mol. The van der Waals surface area contributed by atoms with Gasteiger partial charge in [0, 0.05) is 22.6 Å². The predicted molar refractivity (Wildman–Crippen MR) is 72.0 cm³/mol. The first kappa shape index (κ1) is 11.6. The molecule has 6 heteroatoms. The molecule has 0 radical (unpaired) electrons. The van der Waals surface area contributed by atoms with Crippen LogP contribution >= 0.6 is 23.4 Å². The quantitative estimate of drug-likeness (QED) is 0.842. The average molecular weight is 281 g/mol. The molecule has 0 bridgehead atoms. The summed E-state index contributed by atoms with van der Waals surface area (Å²) in [5, 5.41) is 9.61. The third-order valence-electron chi connectivity index (χ3n) is 2.81. The molecule has 0 amide bonds. The molecule has 1 aliphatic rings. The van der Waals surface area contributed by atoms with Gasteiger partial charge in [0.15, 0.2) is 0 Å². The van der Waals surface area contributed by atoms with Crippen LogP contribution in [0.15, 0.2) is 23.0 Å². The van der Waals surface area contributed by atoms with E-state index in [1.807, 2.05) is 0 Å². The molecule has 0 fully saturated rings. The van der Waals surface area contributed by atoms with Crippen LogP contribution in [-0.2, 0) is 11.5 Å². The van der Waals surface area contributed by atoms with E-state index in [0.717, 1.165) is 17.0 Å². The van der Waals surface area contributed by atoms with Crippen molar-refractivity contribution >= 4 is 23.4 Å². The van der Waals surface area contributed by atoms with E-state index in [1.54, 1.807) is 23.9 Å². The zero-order valence-corrected chi connectivity index (χ0v) is 10.8. The molecule has 92 valence electrons. The van der Waals surface area contributed by atoms with Crippen LogP contribution in [0.2, 0.25) is 5.02 Å². The Bertz CT molecular complexity index is 684. The largest absolute Gasteiger partial charge is 0.506 e. The molecule has 2 N–H and O–H groups in total. The number of thioether (sulfide) groups is 1. The Morgan fingerprint density at radius 2 is 2.22 bits per heavy atom. The molecule has 0 saturated carbocycles. The van der Waals surface area contributed by atoms with E-state index in [0.29, 0.717) is 17.1 Å². The van der Waals surface area contributed by atoms with Gasteiger partial charge in [-0.1, -0.05) is 11.6 Å². The van der Waals surface area contributed by atoms with Crippen molar-refractivity contribution in [2.45, 2.75) is 11.5 Å². The number of hydrogen-bond acceptors (Lipinski definition) is 4. The molecule has 0 saturated heterocycles. The first-order valence-electron chi connectivity index (χ1n) is 5.34. The lowest BCUT2D eigenvalue weighted by molar-refractivity contribution is 0.475. The van der Waals surface area contributed by atoms with E-state index in [9.17, 15) is 9.90 Å². The molecule has 0 unspecified atom stereocenters. The minimum absolute atomic E-state index is 0.0134. The van der Waals surface area contributed by atoms with E-state index >= 15 is 0 Å². The number of phenols is 1. The van der Waals surface area contributed by atoms with E-state index < -0.39 is 0 Å². The van der Waals surface area contributed by atoms with Crippen LogP contribution in [0.5, 0.6) is 5.75 Å². The molecule has 3 rings (SSSR count). The van der Waals surface area contributed by atoms with Crippen molar-refractivity contribution in [1.29, 1.82) is 0 Å². The minimum atomic E-state index is -0.0933. The zero-order valence-electron chi connectivity index (χ0n) is 9.24. The summed E-state index contributed by atoms with van der Waals surface area (Å²) < 4.78 is 0. The summed E-state index contributed by atoms with van der Waals surface area (Å²) in [6.45, 7) is 0. The van der Waals surface area contributed by atoms with Gasteiger partial charge in [-0.15, -0.1) is 0 Å². The van der Waals surface area contributed by atoms with Gasteiger partial charge in [-0.25, -0.2) is 4.98 Å². The summed E-state index contributed by atoms with van der Waals surface area (Å²) in [6.07, 6.45) is 0. The fourth-order valence-corrected chi connectivity index (χ4v) is 3.07. The lowest BCUT2D eigenvalue weighted by atomic mass is 10.2. The predicted octanol–water partition coefficient (Wildman–Crippen LogP) is 2.54. The van der Waals surface area contributed by atoms with E-state index in [1.165, 1.54) is 6.07 Å². The molecule has 0 spiro atoms. The Morgan fingerprint density at radius 3 is 3.00 bits per heavy atom. The number of nitrogens with one attached hydrogen (secondary N) is 1. The van der Waals surface area contributed by atoms with Crippen molar-refractivity contribution in [2.24, 2.45) is 0 Å². The Balaban J connectivity index is 2.15. The van der Waals surface area contributed by atoms with Gasteiger partial charge in [-0.05, 0) is 18.2 Å². The number of benzene rings is 1. The number of aromatic hydroxyl groups is 1. The number of H-pyrrole nitrogens is 1. The molecule has 18 heavy (non-hydrogen) atoms. The highest BCUT2D eigenvalue weighted by atomic mass is 35.5. The standard InChI is InChI=1S/C12H9ClN2O2S/c13-8-3-6(1-2-10(8)16)11-14-9-5-18-4-7(9)12(17)15-11/h1-3,16H,4-5H2,(H,14,15,17). The highest BCUT2D eigenvalue weighted by Crippen LogP contribution is 2.30. The van der Waals surface area contributed by atoms with Gasteiger partial charge in [0.1, 0.15) is 11.6 Å². The Labute approximate surface area is 112 Å². The first-order chi connectivity index (χ1) is 8.65. The molecule has 0 aliphatic carbocycles. The molecule has 2 aromatic rings. The monoisotopic (exact) mass is 280 g/mol. The van der Waals surface area contributed by atoms with E-state index in [-0.39, 0.29) is 16.3 Å². The second kappa shape index (κ2) is 4.33. The third-order valence-corrected chi connectivity index (χ3v) is 4.08. The van der Waals surface area contributed by atoms with E-state index in [4.69, 9.17) is 11.6 Å². The Hall–Kier alpha value is -1.46. The highest BCUT2D eigenvalue weighted by molar-refractivity contribution is 7.98. The number of fused-ring (bicyclic) bond motifs is 1. The third kappa shape index (κ3) is 1.89. The summed E-state index contributed by atoms with van der Waals surface area (Å²) in [4.78, 5) is 19.1. The van der Waals surface area contributed by atoms with Crippen molar-refractivity contribution in [3.05, 3.63) is 44.8 Å². The molecular formula is C12H9ClN2O2S. The second-order valence-electron chi connectivity index (χ2n) is 4.00. The maximum absolute atomic E-state index is 11.9. The topological polar surface area (TPSA) is 66.0 Å². The summed E-state index contributed by atoms with van der Waals surface area (Å²) >= 11 is 7.52. The summed E-state index contributed by atoms with van der Waals surface area (Å²) in [5.74, 6) is 1.98. The lowest BCUT2D eigenvalue weighted by Gasteiger charge is -2.05. The fraction of sp³-hybridized carbons (Fsp3) is 0.167. The number of aromatic amines is 1. The Morgan fingerprint density at radius 1 is 1.39 bits per heavy atom. The number of halogens is 1. The SMILES string of the molecule is O=c1[nH]c(-c2ccc(O)c(Cl)c2)nc2c1CSC2. The molecule has 2 heterocycles. The highest BCUT2D eigenvalue weighted by Gasteiger charge is 2.18. The number of aromatic nitrogens is 2. The molecule has 1 aromatic carbocycles. The Kier molecular flexibility index (Phi) is 2.80. The van der Waals surface area contributed by atoms with Crippen molar-refractivity contribution in [2.75, 3.05) is 0 Å². The number of nitrogens with zero attached hydrogens (tertiary/aromatic N) is 1. The normalized spacial score (nSPS) is 13.6. The van der Waals surface area contributed by atoms with Crippen LogP contribution in [0.3, 0.4) is 0 Å². The van der Waals surface area contributed by atoms with Crippen LogP contribution in [0.1, 0.15) is 11.3 Å². The van der Waals surface area contributed by atoms with Crippen LogP contribution < -0.4 is 5.56 Å². The van der Waals surface area contributed by atoms with Crippen LogP contribution in [0, 0.1) is 0 Å². The summed E-state index contributed by atoms with van der Waals surface area (Å²) in [5.41, 5.74) is 2.19. The van der Waals surface area contributed by atoms with Gasteiger partial charge in [-0.3, -0.25) is 4.79 Å². The molecule has 4 nitrogen and oxygen atoms in total. The van der Waals surface area contributed by atoms with Crippen molar-refractivity contribution in [3.63, 3.8) is 0 Å². The van der Waals surface area contributed by atoms with Gasteiger partial charge in [0.25, 0.3) is 5.56 Å². The van der Waals surface area contributed by atoms with Crippen molar-refractivity contribution in [3.8, 4) is 17.1 Å². The average Bonchev–Trinajstić information content (AvgIpc) is 2.81. The van der Waals surface area contributed by atoms with Crippen LogP contribution in [-0.4, -0.2) is 15.1 Å². The summed E-state index contributed by atoms with van der Waals surface area (Å²) in [7, 11) is 0. The van der Waals surface area contributed by atoms with Crippen molar-refractivity contribution < 1.29 is 5.11 Å².